The van der Waals surface area contributed by atoms with E-state index in [0.29, 0.717) is 32.7 Å². The number of carbonyl (C=O) groups excluding carboxylic acids is 2. The van der Waals surface area contributed by atoms with Crippen LogP contribution in [-0.2, 0) is 11.3 Å². The third kappa shape index (κ3) is 5.13. The van der Waals surface area contributed by atoms with Crippen molar-refractivity contribution in [2.24, 2.45) is 0 Å². The van der Waals surface area contributed by atoms with Gasteiger partial charge in [0, 0.05) is 44.5 Å². The minimum atomic E-state index is -0.201. The zero-order valence-electron chi connectivity index (χ0n) is 17.9. The molecule has 1 saturated heterocycles. The Morgan fingerprint density at radius 3 is 2.50 bits per heavy atom. The third-order valence-electron chi connectivity index (χ3n) is 5.43. The van der Waals surface area contributed by atoms with Crippen LogP contribution in [0.4, 0.5) is 5.69 Å². The van der Waals surface area contributed by atoms with Crippen molar-refractivity contribution in [1.29, 1.82) is 0 Å². The Kier molecular flexibility index (Phi) is 6.99. The standard InChI is InChI=1S/C22H29N5O3/c1-4-10-27-21(29)9-8-19(24-27)22(30)26-13-11-25(12-14-26)15-20(28)23-18-7-5-6-16(2)17(18)3/h5-9H,4,10-15H2,1-3H3,(H,23,28). The van der Waals surface area contributed by atoms with Crippen molar-refractivity contribution in [2.75, 3.05) is 38.0 Å². The van der Waals surface area contributed by atoms with Crippen molar-refractivity contribution in [1.82, 2.24) is 19.6 Å². The third-order valence-corrected chi connectivity index (χ3v) is 5.43. The minimum absolute atomic E-state index is 0.0585. The van der Waals surface area contributed by atoms with Crippen LogP contribution in [0.25, 0.3) is 0 Å². The van der Waals surface area contributed by atoms with Gasteiger partial charge in [0.2, 0.25) is 5.91 Å². The lowest BCUT2D eigenvalue weighted by atomic mass is 10.1. The van der Waals surface area contributed by atoms with E-state index < -0.39 is 0 Å². The van der Waals surface area contributed by atoms with Crippen molar-refractivity contribution in [3.8, 4) is 0 Å². The highest BCUT2D eigenvalue weighted by Gasteiger charge is 2.24. The van der Waals surface area contributed by atoms with Crippen LogP contribution in [0.2, 0.25) is 0 Å². The second-order valence-corrected chi connectivity index (χ2v) is 7.64. The van der Waals surface area contributed by atoms with Gasteiger partial charge >= 0.3 is 0 Å². The number of hydrogen-bond acceptors (Lipinski definition) is 5. The average Bonchev–Trinajstić information content (AvgIpc) is 2.73. The maximum absolute atomic E-state index is 12.8. The zero-order chi connectivity index (χ0) is 21.7. The Bertz CT molecular complexity index is 977. The lowest BCUT2D eigenvalue weighted by molar-refractivity contribution is -0.117. The Morgan fingerprint density at radius 2 is 1.80 bits per heavy atom. The lowest BCUT2D eigenvalue weighted by Gasteiger charge is -2.34. The van der Waals surface area contributed by atoms with E-state index in [0.717, 1.165) is 23.2 Å². The van der Waals surface area contributed by atoms with Crippen molar-refractivity contribution < 1.29 is 9.59 Å². The molecule has 1 aromatic carbocycles. The average molecular weight is 412 g/mol. The molecule has 0 saturated carbocycles. The summed E-state index contributed by atoms with van der Waals surface area (Å²) in [4.78, 5) is 40.8. The molecule has 1 N–H and O–H groups in total. The van der Waals surface area contributed by atoms with Crippen LogP contribution in [0, 0.1) is 13.8 Å². The molecule has 8 nitrogen and oxygen atoms in total. The molecule has 3 rings (SSSR count). The summed E-state index contributed by atoms with van der Waals surface area (Å²) in [6, 6.07) is 8.73. The van der Waals surface area contributed by atoms with Crippen LogP contribution in [0.3, 0.4) is 0 Å². The van der Waals surface area contributed by atoms with E-state index >= 15 is 0 Å². The van der Waals surface area contributed by atoms with Gasteiger partial charge in [-0.15, -0.1) is 0 Å². The van der Waals surface area contributed by atoms with Crippen LogP contribution in [0.5, 0.6) is 0 Å². The number of amides is 2. The number of piperazine rings is 1. The molecule has 1 aromatic heterocycles. The van der Waals surface area contributed by atoms with Crippen molar-refractivity contribution in [3.63, 3.8) is 0 Å². The number of rotatable bonds is 6. The number of benzene rings is 1. The van der Waals surface area contributed by atoms with Crippen LogP contribution in [0.1, 0.15) is 35.0 Å². The molecule has 2 heterocycles. The van der Waals surface area contributed by atoms with Gasteiger partial charge in [-0.1, -0.05) is 19.1 Å². The van der Waals surface area contributed by atoms with Crippen molar-refractivity contribution >= 4 is 17.5 Å². The fourth-order valence-corrected chi connectivity index (χ4v) is 3.49. The maximum atomic E-state index is 12.8. The van der Waals surface area contributed by atoms with Gasteiger partial charge in [0.1, 0.15) is 5.69 Å². The summed E-state index contributed by atoms with van der Waals surface area (Å²) in [6.45, 7) is 9.00. The van der Waals surface area contributed by atoms with Gasteiger partial charge in [-0.25, -0.2) is 4.68 Å². The molecule has 160 valence electrons. The van der Waals surface area contributed by atoms with E-state index in [2.05, 4.69) is 10.4 Å². The van der Waals surface area contributed by atoms with Crippen LogP contribution in [0.15, 0.2) is 35.1 Å². The van der Waals surface area contributed by atoms with Gasteiger partial charge in [-0.05, 0) is 43.5 Å². The molecule has 0 spiro atoms. The van der Waals surface area contributed by atoms with Gasteiger partial charge in [0.05, 0.1) is 6.54 Å². The Labute approximate surface area is 176 Å². The normalized spacial score (nSPS) is 14.6. The topological polar surface area (TPSA) is 87.5 Å². The number of hydrogen-bond donors (Lipinski definition) is 1. The quantitative estimate of drug-likeness (QED) is 0.781. The van der Waals surface area contributed by atoms with E-state index in [9.17, 15) is 14.4 Å². The number of aryl methyl sites for hydroxylation is 2. The first-order valence-electron chi connectivity index (χ1n) is 10.3. The molecule has 1 aliphatic heterocycles. The van der Waals surface area contributed by atoms with Crippen LogP contribution < -0.4 is 10.9 Å². The molecular formula is C22H29N5O3. The second kappa shape index (κ2) is 9.67. The predicted molar refractivity (Wildman–Crippen MR) is 116 cm³/mol. The van der Waals surface area contributed by atoms with E-state index in [1.54, 1.807) is 4.90 Å². The molecule has 0 aliphatic carbocycles. The zero-order valence-corrected chi connectivity index (χ0v) is 17.9. The monoisotopic (exact) mass is 411 g/mol. The van der Waals surface area contributed by atoms with Crippen LogP contribution >= 0.6 is 0 Å². The van der Waals surface area contributed by atoms with Gasteiger partial charge < -0.3 is 10.2 Å². The van der Waals surface area contributed by atoms with Gasteiger partial charge in [0.25, 0.3) is 11.5 Å². The molecule has 30 heavy (non-hydrogen) atoms. The molecule has 2 amide bonds. The molecule has 2 aromatic rings. The summed E-state index contributed by atoms with van der Waals surface area (Å²) < 4.78 is 1.33. The second-order valence-electron chi connectivity index (χ2n) is 7.64. The highest BCUT2D eigenvalue weighted by molar-refractivity contribution is 5.93. The number of nitrogens with zero attached hydrogens (tertiary/aromatic N) is 4. The lowest BCUT2D eigenvalue weighted by Crippen LogP contribution is -2.50. The molecule has 1 aliphatic rings. The summed E-state index contributed by atoms with van der Waals surface area (Å²) in [7, 11) is 0. The van der Waals surface area contributed by atoms with E-state index in [1.165, 1.54) is 16.8 Å². The Balaban J connectivity index is 1.54. The first kappa shape index (κ1) is 21.7. The number of carbonyl (C=O) groups is 2. The van der Waals surface area contributed by atoms with Gasteiger partial charge in [-0.2, -0.15) is 5.10 Å². The SMILES string of the molecule is CCCn1nc(C(=O)N2CCN(CC(=O)Nc3cccc(C)c3C)CC2)ccc1=O. The largest absolute Gasteiger partial charge is 0.335 e. The summed E-state index contributed by atoms with van der Waals surface area (Å²) in [5.41, 5.74) is 3.12. The first-order valence-corrected chi connectivity index (χ1v) is 10.3. The smallest absolute Gasteiger partial charge is 0.274 e. The summed E-state index contributed by atoms with van der Waals surface area (Å²) in [5, 5.41) is 7.18. The molecule has 0 atom stereocenters. The van der Waals surface area contributed by atoms with Crippen LogP contribution in [-0.4, -0.2) is 64.1 Å². The molecule has 0 radical (unpaired) electrons. The fourth-order valence-electron chi connectivity index (χ4n) is 3.49. The molecule has 0 unspecified atom stereocenters. The molecule has 1 fully saturated rings. The van der Waals surface area contributed by atoms with E-state index in [4.69, 9.17) is 0 Å². The Hall–Kier alpha value is -3.00. The molecule has 0 bridgehead atoms. The van der Waals surface area contributed by atoms with E-state index in [1.807, 2.05) is 43.9 Å². The van der Waals surface area contributed by atoms with Gasteiger partial charge in [0.15, 0.2) is 0 Å². The highest BCUT2D eigenvalue weighted by atomic mass is 16.2. The first-order chi connectivity index (χ1) is 14.4. The number of anilines is 1. The number of nitrogens with one attached hydrogen (secondary N) is 1. The molecule has 8 heteroatoms. The Morgan fingerprint density at radius 1 is 1.07 bits per heavy atom. The minimum Gasteiger partial charge on any atom is -0.335 e. The summed E-state index contributed by atoms with van der Waals surface area (Å²) in [6.07, 6.45) is 0.771. The molecular weight excluding hydrogens is 382 g/mol. The van der Waals surface area contributed by atoms with Crippen molar-refractivity contribution in [3.05, 3.63) is 57.5 Å². The van der Waals surface area contributed by atoms with E-state index in [-0.39, 0.29) is 29.6 Å². The highest BCUT2D eigenvalue weighted by Crippen LogP contribution is 2.18. The van der Waals surface area contributed by atoms with Gasteiger partial charge in [-0.3, -0.25) is 19.3 Å². The van der Waals surface area contributed by atoms with Crippen molar-refractivity contribution in [2.45, 2.75) is 33.7 Å². The fraction of sp³-hybridized carbons (Fsp3) is 0.455. The number of aromatic nitrogens is 2. The maximum Gasteiger partial charge on any atom is 0.274 e. The summed E-state index contributed by atoms with van der Waals surface area (Å²) >= 11 is 0. The predicted octanol–water partition coefficient (Wildman–Crippen LogP) is 1.67. The summed E-state index contributed by atoms with van der Waals surface area (Å²) in [5.74, 6) is -0.240.